The molecule has 0 saturated heterocycles. The van der Waals surface area contributed by atoms with Crippen LogP contribution < -0.4 is 5.32 Å². The second-order valence-corrected chi connectivity index (χ2v) is 6.92. The molecule has 0 aliphatic heterocycles. The minimum atomic E-state index is -5.10. The van der Waals surface area contributed by atoms with E-state index in [9.17, 15) is 35.9 Å². The molecule has 2 amide bonds. The van der Waals surface area contributed by atoms with E-state index in [1.54, 1.807) is 0 Å². The lowest BCUT2D eigenvalue weighted by Crippen LogP contribution is -2.35. The predicted molar refractivity (Wildman–Crippen MR) is 98.5 cm³/mol. The van der Waals surface area contributed by atoms with Crippen molar-refractivity contribution in [3.05, 3.63) is 63.1 Å². The molecule has 12 heteroatoms. The van der Waals surface area contributed by atoms with Gasteiger partial charge in [0.2, 0.25) is 5.91 Å². The summed E-state index contributed by atoms with van der Waals surface area (Å²) in [6, 6.07) is 4.86. The van der Waals surface area contributed by atoms with E-state index in [0.29, 0.717) is 4.90 Å². The fourth-order valence-electron chi connectivity index (χ4n) is 2.38. The average molecular weight is 473 g/mol. The third-order valence-corrected chi connectivity index (χ3v) is 4.42. The van der Waals surface area contributed by atoms with Gasteiger partial charge in [-0.15, -0.1) is 0 Å². The van der Waals surface area contributed by atoms with Crippen LogP contribution in [0.5, 0.6) is 0 Å². The minimum absolute atomic E-state index is 0.0464. The van der Waals surface area contributed by atoms with Gasteiger partial charge in [-0.1, -0.05) is 29.3 Å². The number of alkyl halides is 6. The molecule has 0 atom stereocenters. The monoisotopic (exact) mass is 472 g/mol. The van der Waals surface area contributed by atoms with E-state index in [1.807, 2.05) is 0 Å². The van der Waals surface area contributed by atoms with Gasteiger partial charge in [0.1, 0.15) is 0 Å². The normalized spacial score (nSPS) is 11.9. The number of likely N-dealkylation sites (N-methyl/N-ethyl adjacent to an activating group) is 1. The highest BCUT2D eigenvalue weighted by molar-refractivity contribution is 6.39. The van der Waals surface area contributed by atoms with Gasteiger partial charge in [0.05, 0.1) is 33.4 Å². The van der Waals surface area contributed by atoms with Crippen LogP contribution in [0, 0.1) is 0 Å². The minimum Gasteiger partial charge on any atom is -0.332 e. The van der Waals surface area contributed by atoms with Crippen molar-refractivity contribution < 1.29 is 35.9 Å². The van der Waals surface area contributed by atoms with Crippen LogP contribution in [-0.4, -0.2) is 30.3 Å². The van der Waals surface area contributed by atoms with Crippen molar-refractivity contribution in [1.29, 1.82) is 0 Å². The fourth-order valence-corrected chi connectivity index (χ4v) is 2.87. The van der Waals surface area contributed by atoms with Gasteiger partial charge in [-0.2, -0.15) is 26.3 Å². The fraction of sp³-hybridized carbons (Fsp3) is 0.222. The van der Waals surface area contributed by atoms with Gasteiger partial charge in [0.15, 0.2) is 0 Å². The Morgan fingerprint density at radius 2 is 1.40 bits per heavy atom. The van der Waals surface area contributed by atoms with Crippen molar-refractivity contribution in [2.75, 3.05) is 18.9 Å². The Morgan fingerprint density at radius 3 is 1.83 bits per heavy atom. The predicted octanol–water partition coefficient (Wildman–Crippen LogP) is 5.74. The SMILES string of the molecule is CN(CC(=O)Nc1c(Cl)cccc1Cl)C(=O)c1cc(C(F)(F)F)cc(C(F)(F)F)c1. The first-order valence-electron chi connectivity index (χ1n) is 7.99. The van der Waals surface area contributed by atoms with E-state index >= 15 is 0 Å². The first-order valence-corrected chi connectivity index (χ1v) is 8.74. The molecular formula is C18H12Cl2F6N2O2. The maximum Gasteiger partial charge on any atom is 0.416 e. The molecule has 4 nitrogen and oxygen atoms in total. The summed E-state index contributed by atoms with van der Waals surface area (Å²) in [6.07, 6.45) is -10.2. The van der Waals surface area contributed by atoms with Gasteiger partial charge < -0.3 is 10.2 Å². The molecule has 162 valence electrons. The maximum atomic E-state index is 12.9. The lowest BCUT2D eigenvalue weighted by atomic mass is 10.0. The number of carbonyl (C=O) groups is 2. The molecule has 0 heterocycles. The summed E-state index contributed by atoms with van der Waals surface area (Å²) >= 11 is 11.8. The Balaban J connectivity index is 2.26. The molecular weight excluding hydrogens is 461 g/mol. The largest absolute Gasteiger partial charge is 0.416 e. The highest BCUT2D eigenvalue weighted by Crippen LogP contribution is 2.36. The van der Waals surface area contributed by atoms with Crippen LogP contribution in [0.1, 0.15) is 21.5 Å². The van der Waals surface area contributed by atoms with Crippen molar-refractivity contribution in [1.82, 2.24) is 4.90 Å². The topological polar surface area (TPSA) is 49.4 Å². The average Bonchev–Trinajstić information content (AvgIpc) is 2.62. The molecule has 30 heavy (non-hydrogen) atoms. The summed E-state index contributed by atoms with van der Waals surface area (Å²) in [6.45, 7) is -0.683. The first-order chi connectivity index (χ1) is 13.7. The maximum absolute atomic E-state index is 12.9. The Bertz CT molecular complexity index is 924. The number of halogens is 8. The summed E-state index contributed by atoms with van der Waals surface area (Å²) in [5, 5.41) is 2.52. The van der Waals surface area contributed by atoms with Gasteiger partial charge >= 0.3 is 12.4 Å². The smallest absolute Gasteiger partial charge is 0.332 e. The number of hydrogen-bond donors (Lipinski definition) is 1. The van der Waals surface area contributed by atoms with E-state index < -0.39 is 47.4 Å². The molecule has 2 aromatic rings. The number of nitrogens with zero attached hydrogens (tertiary/aromatic N) is 1. The van der Waals surface area contributed by atoms with Crippen molar-refractivity contribution in [2.24, 2.45) is 0 Å². The Hall–Kier alpha value is -2.46. The van der Waals surface area contributed by atoms with Gasteiger partial charge in [0.25, 0.3) is 5.91 Å². The summed E-state index contributed by atoms with van der Waals surface area (Å²) in [5.41, 5.74) is -4.10. The van der Waals surface area contributed by atoms with E-state index in [2.05, 4.69) is 5.32 Å². The molecule has 0 aliphatic rings. The zero-order valence-electron chi connectivity index (χ0n) is 15.0. The van der Waals surface area contributed by atoms with Crippen molar-refractivity contribution in [3.8, 4) is 0 Å². The highest BCUT2D eigenvalue weighted by Gasteiger charge is 2.37. The number of carbonyl (C=O) groups excluding carboxylic acids is 2. The van der Waals surface area contributed by atoms with E-state index in [0.717, 1.165) is 7.05 Å². The molecule has 0 unspecified atom stereocenters. The molecule has 0 aliphatic carbocycles. The number of rotatable bonds is 4. The molecule has 0 bridgehead atoms. The third-order valence-electron chi connectivity index (χ3n) is 3.79. The van der Waals surface area contributed by atoms with E-state index in [4.69, 9.17) is 23.2 Å². The Morgan fingerprint density at radius 1 is 0.933 bits per heavy atom. The van der Waals surface area contributed by atoms with Gasteiger partial charge in [-0.3, -0.25) is 9.59 Å². The van der Waals surface area contributed by atoms with Crippen molar-refractivity contribution in [3.63, 3.8) is 0 Å². The summed E-state index contributed by atoms with van der Waals surface area (Å²) in [5.74, 6) is -2.03. The zero-order chi connectivity index (χ0) is 22.9. The van der Waals surface area contributed by atoms with Crippen LogP contribution in [0.3, 0.4) is 0 Å². The van der Waals surface area contributed by atoms with Crippen molar-refractivity contribution >= 4 is 40.7 Å². The highest BCUT2D eigenvalue weighted by atomic mass is 35.5. The standard InChI is InChI=1S/C18H12Cl2F6N2O2/c1-28(8-14(29)27-15-12(19)3-2-4-13(15)20)16(30)9-5-10(17(21,22)23)7-11(6-9)18(24,25)26/h2-7H,8H2,1H3,(H,27,29). The molecule has 1 N–H and O–H groups in total. The molecule has 0 radical (unpaired) electrons. The van der Waals surface area contributed by atoms with Crippen LogP contribution >= 0.6 is 23.2 Å². The number of amides is 2. The lowest BCUT2D eigenvalue weighted by molar-refractivity contribution is -0.143. The number of benzene rings is 2. The van der Waals surface area contributed by atoms with Gasteiger partial charge in [0, 0.05) is 12.6 Å². The zero-order valence-corrected chi connectivity index (χ0v) is 16.5. The van der Waals surface area contributed by atoms with Crippen LogP contribution in [0.4, 0.5) is 32.0 Å². The molecule has 0 saturated carbocycles. The van der Waals surface area contributed by atoms with Crippen LogP contribution in [-0.2, 0) is 17.1 Å². The van der Waals surface area contributed by atoms with E-state index in [-0.39, 0.29) is 33.9 Å². The van der Waals surface area contributed by atoms with Gasteiger partial charge in [-0.05, 0) is 30.3 Å². The van der Waals surface area contributed by atoms with Crippen LogP contribution in [0.25, 0.3) is 0 Å². The lowest BCUT2D eigenvalue weighted by Gasteiger charge is -2.19. The van der Waals surface area contributed by atoms with E-state index in [1.165, 1.54) is 18.2 Å². The quantitative estimate of drug-likeness (QED) is 0.576. The molecule has 0 fully saturated rings. The number of hydrogen-bond acceptors (Lipinski definition) is 2. The Labute approximate surface area is 176 Å². The second-order valence-electron chi connectivity index (χ2n) is 6.10. The first kappa shape index (κ1) is 23.8. The van der Waals surface area contributed by atoms with Crippen LogP contribution in [0.2, 0.25) is 10.0 Å². The summed E-state index contributed by atoms with van der Waals surface area (Å²) in [4.78, 5) is 25.2. The number of anilines is 1. The number of para-hydroxylation sites is 1. The molecule has 2 aromatic carbocycles. The second kappa shape index (κ2) is 8.73. The van der Waals surface area contributed by atoms with Gasteiger partial charge in [-0.25, -0.2) is 0 Å². The third kappa shape index (κ3) is 5.79. The molecule has 2 rings (SSSR count). The molecule has 0 aromatic heterocycles. The Kier molecular flexibility index (Phi) is 6.93. The summed E-state index contributed by atoms with van der Waals surface area (Å²) < 4.78 is 77.7. The summed E-state index contributed by atoms with van der Waals surface area (Å²) in [7, 11) is 1.05. The van der Waals surface area contributed by atoms with Crippen LogP contribution in [0.15, 0.2) is 36.4 Å². The van der Waals surface area contributed by atoms with Crippen molar-refractivity contribution in [2.45, 2.75) is 12.4 Å². The number of nitrogens with one attached hydrogen (secondary N) is 1. The molecule has 0 spiro atoms.